The van der Waals surface area contributed by atoms with Gasteiger partial charge >= 0.3 is 0 Å². The summed E-state index contributed by atoms with van der Waals surface area (Å²) in [6, 6.07) is 0. The number of nitrogens with zero attached hydrogens (tertiary/aromatic N) is 2. The number of hydrogen-bond acceptors (Lipinski definition) is 4. The highest BCUT2D eigenvalue weighted by Crippen LogP contribution is 2.23. The van der Waals surface area contributed by atoms with Gasteiger partial charge in [-0.1, -0.05) is 0 Å². The van der Waals surface area contributed by atoms with Crippen LogP contribution >= 0.6 is 0 Å². The summed E-state index contributed by atoms with van der Waals surface area (Å²) in [5.41, 5.74) is 7.93. The Kier molecular flexibility index (Phi) is 1.51. The van der Waals surface area contributed by atoms with Gasteiger partial charge in [-0.25, -0.2) is 9.97 Å². The molecule has 64 valence electrons. The maximum atomic E-state index is 5.73. The molecule has 1 atom stereocenters. The van der Waals surface area contributed by atoms with Crippen molar-refractivity contribution in [2.75, 3.05) is 5.32 Å². The molecule has 4 heteroatoms. The zero-order valence-corrected chi connectivity index (χ0v) is 7.26. The first-order valence-electron chi connectivity index (χ1n) is 4.03. The topological polar surface area (TPSA) is 63.8 Å². The number of nitrogens with two attached hydrogens (primary N) is 1. The Hall–Kier alpha value is -1.16. The lowest BCUT2D eigenvalue weighted by molar-refractivity contribution is 0.792. The minimum Gasteiger partial charge on any atom is -0.354 e. The van der Waals surface area contributed by atoms with Crippen molar-refractivity contribution in [1.82, 2.24) is 9.97 Å². The molecule has 1 aliphatic rings. The second kappa shape index (κ2) is 2.42. The van der Waals surface area contributed by atoms with Crippen LogP contribution in [0.5, 0.6) is 0 Å². The van der Waals surface area contributed by atoms with Gasteiger partial charge < -0.3 is 11.1 Å². The van der Waals surface area contributed by atoms with Gasteiger partial charge in [-0.05, 0) is 13.8 Å². The first kappa shape index (κ1) is 7.49. The van der Waals surface area contributed by atoms with Gasteiger partial charge in [0.15, 0.2) is 0 Å². The monoisotopic (exact) mass is 164 g/mol. The van der Waals surface area contributed by atoms with Gasteiger partial charge in [-0.3, -0.25) is 0 Å². The molecule has 0 saturated heterocycles. The summed E-state index contributed by atoms with van der Waals surface area (Å²) < 4.78 is 0. The number of nitrogens with one attached hydrogen (secondary N) is 1. The number of anilines is 1. The smallest absolute Gasteiger partial charge is 0.134 e. The quantitative estimate of drug-likeness (QED) is 0.580. The zero-order valence-electron chi connectivity index (χ0n) is 7.26. The lowest BCUT2D eigenvalue weighted by Crippen LogP contribution is -2.26. The van der Waals surface area contributed by atoms with E-state index in [0.29, 0.717) is 0 Å². The highest BCUT2D eigenvalue weighted by Gasteiger charge is 2.20. The van der Waals surface area contributed by atoms with E-state index < -0.39 is 0 Å². The summed E-state index contributed by atoms with van der Waals surface area (Å²) in [7, 11) is 0. The molecule has 1 aromatic rings. The van der Waals surface area contributed by atoms with Gasteiger partial charge in [-0.2, -0.15) is 0 Å². The average molecular weight is 164 g/mol. The lowest BCUT2D eigenvalue weighted by atomic mass is 10.2. The summed E-state index contributed by atoms with van der Waals surface area (Å²) >= 11 is 0. The summed E-state index contributed by atoms with van der Waals surface area (Å²) in [6.45, 7) is 3.88. The minimum atomic E-state index is 0.00907. The Morgan fingerprint density at radius 2 is 2.17 bits per heavy atom. The van der Waals surface area contributed by atoms with Crippen LogP contribution in [0.15, 0.2) is 0 Å². The van der Waals surface area contributed by atoms with E-state index in [0.717, 1.165) is 29.3 Å². The molecule has 12 heavy (non-hydrogen) atoms. The summed E-state index contributed by atoms with van der Waals surface area (Å²) in [4.78, 5) is 8.54. The Bertz CT molecular complexity index is 321. The molecular formula is C8H12N4. The van der Waals surface area contributed by atoms with Gasteiger partial charge in [0, 0.05) is 17.7 Å². The third kappa shape index (κ3) is 1.04. The summed E-state index contributed by atoms with van der Waals surface area (Å²) in [5.74, 6) is 1.71. The molecule has 2 heterocycles. The number of aryl methyl sites for hydroxylation is 2. The van der Waals surface area contributed by atoms with Crippen molar-refractivity contribution in [3.05, 3.63) is 17.1 Å². The molecule has 1 aliphatic heterocycles. The van der Waals surface area contributed by atoms with Crippen molar-refractivity contribution in [2.24, 2.45) is 5.73 Å². The van der Waals surface area contributed by atoms with Crippen LogP contribution < -0.4 is 11.1 Å². The standard InChI is InChI=1S/C8H12N4/c1-4-6-3-7(9)12-8(6)11-5(2)10-4/h7H,3,9H2,1-2H3,(H,10,11,12). The van der Waals surface area contributed by atoms with E-state index in [9.17, 15) is 0 Å². The van der Waals surface area contributed by atoms with E-state index in [2.05, 4.69) is 15.3 Å². The molecule has 0 amide bonds. The highest BCUT2D eigenvalue weighted by atomic mass is 15.1. The van der Waals surface area contributed by atoms with Gasteiger partial charge in [0.05, 0.1) is 6.17 Å². The average Bonchev–Trinajstić information content (AvgIpc) is 2.29. The number of rotatable bonds is 0. The normalized spacial score (nSPS) is 20.4. The van der Waals surface area contributed by atoms with E-state index >= 15 is 0 Å². The molecular weight excluding hydrogens is 152 g/mol. The molecule has 0 aliphatic carbocycles. The van der Waals surface area contributed by atoms with Crippen LogP contribution in [0.1, 0.15) is 17.1 Å². The Morgan fingerprint density at radius 1 is 1.42 bits per heavy atom. The fourth-order valence-corrected chi connectivity index (χ4v) is 1.55. The molecule has 2 rings (SSSR count). The summed E-state index contributed by atoms with van der Waals surface area (Å²) in [6.07, 6.45) is 0.844. The van der Waals surface area contributed by atoms with E-state index in [1.807, 2.05) is 13.8 Å². The van der Waals surface area contributed by atoms with Crippen LogP contribution in [0, 0.1) is 13.8 Å². The first-order chi connectivity index (χ1) is 5.66. The molecule has 4 nitrogen and oxygen atoms in total. The third-order valence-electron chi connectivity index (χ3n) is 2.07. The van der Waals surface area contributed by atoms with Gasteiger partial charge in [0.25, 0.3) is 0 Å². The van der Waals surface area contributed by atoms with Crippen molar-refractivity contribution < 1.29 is 0 Å². The van der Waals surface area contributed by atoms with Crippen LogP contribution in [0.2, 0.25) is 0 Å². The van der Waals surface area contributed by atoms with Crippen molar-refractivity contribution in [2.45, 2.75) is 26.4 Å². The molecule has 1 aromatic heterocycles. The second-order valence-electron chi connectivity index (χ2n) is 3.14. The molecule has 0 spiro atoms. The van der Waals surface area contributed by atoms with Gasteiger partial charge in [-0.15, -0.1) is 0 Å². The molecule has 0 radical (unpaired) electrons. The first-order valence-corrected chi connectivity index (χ1v) is 4.03. The maximum Gasteiger partial charge on any atom is 0.134 e. The van der Waals surface area contributed by atoms with Crippen LogP contribution in [0.25, 0.3) is 0 Å². The largest absolute Gasteiger partial charge is 0.354 e. The molecule has 0 bridgehead atoms. The molecule has 0 saturated carbocycles. The molecule has 0 fully saturated rings. The second-order valence-corrected chi connectivity index (χ2v) is 3.14. The van der Waals surface area contributed by atoms with Crippen LogP contribution in [-0.4, -0.2) is 16.1 Å². The highest BCUT2D eigenvalue weighted by molar-refractivity contribution is 5.52. The maximum absolute atomic E-state index is 5.73. The van der Waals surface area contributed by atoms with E-state index in [1.165, 1.54) is 0 Å². The number of fused-ring (bicyclic) bond motifs is 1. The van der Waals surface area contributed by atoms with Crippen molar-refractivity contribution >= 4 is 5.82 Å². The predicted molar refractivity (Wildman–Crippen MR) is 46.8 cm³/mol. The molecule has 1 unspecified atom stereocenters. The fraction of sp³-hybridized carbons (Fsp3) is 0.500. The van der Waals surface area contributed by atoms with E-state index in [4.69, 9.17) is 5.73 Å². The molecule has 0 aromatic carbocycles. The third-order valence-corrected chi connectivity index (χ3v) is 2.07. The Labute approximate surface area is 71.2 Å². The van der Waals surface area contributed by atoms with Crippen molar-refractivity contribution in [3.63, 3.8) is 0 Å². The molecule has 3 N–H and O–H groups in total. The predicted octanol–water partition coefficient (Wildman–Crippen LogP) is 0.346. The summed E-state index contributed by atoms with van der Waals surface area (Å²) in [5, 5.41) is 3.11. The Balaban J connectivity index is 2.52. The van der Waals surface area contributed by atoms with Gasteiger partial charge in [0.2, 0.25) is 0 Å². The van der Waals surface area contributed by atoms with E-state index in [1.54, 1.807) is 0 Å². The van der Waals surface area contributed by atoms with Gasteiger partial charge in [0.1, 0.15) is 11.6 Å². The zero-order chi connectivity index (χ0) is 8.72. The van der Waals surface area contributed by atoms with Crippen LogP contribution in [-0.2, 0) is 6.42 Å². The van der Waals surface area contributed by atoms with Crippen molar-refractivity contribution in [1.29, 1.82) is 0 Å². The van der Waals surface area contributed by atoms with E-state index in [-0.39, 0.29) is 6.17 Å². The fourth-order valence-electron chi connectivity index (χ4n) is 1.55. The SMILES string of the molecule is Cc1nc(C)c2c(n1)NC(N)C2. The van der Waals surface area contributed by atoms with Crippen LogP contribution in [0.4, 0.5) is 5.82 Å². The number of aromatic nitrogens is 2. The lowest BCUT2D eigenvalue weighted by Gasteiger charge is -2.02. The minimum absolute atomic E-state index is 0.00907. The van der Waals surface area contributed by atoms with Crippen molar-refractivity contribution in [3.8, 4) is 0 Å². The van der Waals surface area contributed by atoms with Crippen LogP contribution in [0.3, 0.4) is 0 Å². The number of hydrogen-bond donors (Lipinski definition) is 2. The Morgan fingerprint density at radius 3 is 2.92 bits per heavy atom.